The van der Waals surface area contributed by atoms with Crippen molar-refractivity contribution >= 4 is 11.8 Å². The highest BCUT2D eigenvalue weighted by Crippen LogP contribution is 2.38. The molecule has 5 N–H and O–H groups in total. The molecule has 9 heteroatoms. The molecule has 0 radical (unpaired) electrons. The molecule has 0 fully saturated rings. The first kappa shape index (κ1) is 18.1. The van der Waals surface area contributed by atoms with Crippen LogP contribution < -0.4 is 0 Å². The Morgan fingerprint density at radius 2 is 1.91 bits per heavy atom. The standard InChI is InChI=1S/C13H18O9/c1-6(2)5-21-11-9(18)12(20)22-13(11,8(17)4-15)10(19)7(16)3-14/h5,7-8,14-18H,3-4H2,1-2H3/t7?,8-,13-/m0/s1. The van der Waals surface area contributed by atoms with Gasteiger partial charge in [-0.2, -0.15) is 0 Å². The maximum atomic E-state index is 12.2. The summed E-state index contributed by atoms with van der Waals surface area (Å²) in [6, 6.07) is 0. The average Bonchev–Trinajstić information content (AvgIpc) is 2.75. The predicted octanol–water partition coefficient (Wildman–Crippen LogP) is -1.73. The summed E-state index contributed by atoms with van der Waals surface area (Å²) >= 11 is 0. The molecule has 0 aromatic carbocycles. The van der Waals surface area contributed by atoms with Crippen molar-refractivity contribution in [1.82, 2.24) is 0 Å². The van der Waals surface area contributed by atoms with Crippen LogP contribution in [0, 0.1) is 0 Å². The number of cyclic esters (lactones) is 1. The molecular weight excluding hydrogens is 300 g/mol. The molecule has 3 atom stereocenters. The predicted molar refractivity (Wildman–Crippen MR) is 70.2 cm³/mol. The van der Waals surface area contributed by atoms with Crippen LogP contribution in [0.15, 0.2) is 23.4 Å². The first-order valence-corrected chi connectivity index (χ1v) is 6.31. The van der Waals surface area contributed by atoms with Crippen LogP contribution >= 0.6 is 0 Å². The van der Waals surface area contributed by atoms with Gasteiger partial charge in [-0.05, 0) is 19.4 Å². The zero-order valence-electron chi connectivity index (χ0n) is 12.0. The van der Waals surface area contributed by atoms with E-state index in [1.807, 2.05) is 0 Å². The van der Waals surface area contributed by atoms with Crippen LogP contribution in [-0.2, 0) is 19.1 Å². The van der Waals surface area contributed by atoms with Crippen molar-refractivity contribution in [1.29, 1.82) is 0 Å². The topological polar surface area (TPSA) is 154 Å². The van der Waals surface area contributed by atoms with E-state index >= 15 is 0 Å². The Kier molecular flexibility index (Phi) is 5.66. The zero-order valence-corrected chi connectivity index (χ0v) is 12.0. The number of carbonyl (C=O) groups is 2. The van der Waals surface area contributed by atoms with E-state index in [0.29, 0.717) is 5.57 Å². The Labute approximate surface area is 125 Å². The molecule has 124 valence electrons. The van der Waals surface area contributed by atoms with Gasteiger partial charge >= 0.3 is 5.97 Å². The first-order chi connectivity index (χ1) is 10.2. The maximum Gasteiger partial charge on any atom is 0.378 e. The molecular formula is C13H18O9. The Balaban J connectivity index is 3.44. The molecule has 0 aliphatic carbocycles. The minimum absolute atomic E-state index is 0.585. The van der Waals surface area contributed by atoms with Gasteiger partial charge in [0, 0.05) is 0 Å². The second-order valence-electron chi connectivity index (χ2n) is 4.88. The van der Waals surface area contributed by atoms with E-state index in [9.17, 15) is 24.9 Å². The number of esters is 1. The quantitative estimate of drug-likeness (QED) is 0.272. The van der Waals surface area contributed by atoms with Crippen molar-refractivity contribution < 1.29 is 44.6 Å². The summed E-state index contributed by atoms with van der Waals surface area (Å²) in [5.74, 6) is -4.56. The van der Waals surface area contributed by atoms with Crippen molar-refractivity contribution in [2.24, 2.45) is 0 Å². The number of hydrogen-bond donors (Lipinski definition) is 5. The highest BCUT2D eigenvalue weighted by Gasteiger charge is 2.61. The SMILES string of the molecule is CC(C)=COC1=C(O)C(=O)O[C@]1(C(=O)C(O)CO)[C@@H](O)CO. The van der Waals surface area contributed by atoms with Gasteiger partial charge in [-0.1, -0.05) is 0 Å². The van der Waals surface area contributed by atoms with E-state index in [0.717, 1.165) is 6.26 Å². The monoisotopic (exact) mass is 318 g/mol. The summed E-state index contributed by atoms with van der Waals surface area (Å²) in [7, 11) is 0. The van der Waals surface area contributed by atoms with E-state index in [-0.39, 0.29) is 0 Å². The normalized spacial score (nSPS) is 23.8. The number of carbonyl (C=O) groups excluding carboxylic acids is 2. The number of aliphatic hydroxyl groups is 5. The molecule has 0 aromatic heterocycles. The molecule has 1 unspecified atom stereocenters. The van der Waals surface area contributed by atoms with Gasteiger partial charge in [0.2, 0.25) is 17.3 Å². The number of Topliss-reactive ketones (excluding diaryl/α,β-unsaturated/α-hetero) is 1. The summed E-state index contributed by atoms with van der Waals surface area (Å²) in [4.78, 5) is 23.8. The second-order valence-corrected chi connectivity index (χ2v) is 4.88. The van der Waals surface area contributed by atoms with Gasteiger partial charge in [-0.3, -0.25) is 4.79 Å². The molecule has 1 rings (SSSR count). The third-order valence-electron chi connectivity index (χ3n) is 2.90. The van der Waals surface area contributed by atoms with Crippen molar-refractivity contribution in [3.63, 3.8) is 0 Å². The summed E-state index contributed by atoms with van der Waals surface area (Å²) in [5.41, 5.74) is -2.06. The average molecular weight is 318 g/mol. The van der Waals surface area contributed by atoms with Crippen LogP contribution in [0.1, 0.15) is 13.8 Å². The Bertz CT molecular complexity index is 518. The second kappa shape index (κ2) is 6.88. The minimum atomic E-state index is -2.65. The molecule has 0 saturated heterocycles. The van der Waals surface area contributed by atoms with Gasteiger partial charge in [-0.15, -0.1) is 0 Å². The van der Waals surface area contributed by atoms with Crippen molar-refractivity contribution in [2.45, 2.75) is 31.7 Å². The van der Waals surface area contributed by atoms with Gasteiger partial charge in [0.15, 0.2) is 0 Å². The van der Waals surface area contributed by atoms with Crippen molar-refractivity contribution in [3.05, 3.63) is 23.4 Å². The van der Waals surface area contributed by atoms with E-state index in [2.05, 4.69) is 0 Å². The molecule has 0 bridgehead atoms. The summed E-state index contributed by atoms with van der Waals surface area (Å²) in [6.07, 6.45) is -2.97. The van der Waals surface area contributed by atoms with Gasteiger partial charge < -0.3 is 35.0 Å². The van der Waals surface area contributed by atoms with Crippen molar-refractivity contribution in [3.8, 4) is 0 Å². The zero-order chi connectivity index (χ0) is 17.1. The molecule has 1 aliphatic heterocycles. The Morgan fingerprint density at radius 3 is 2.36 bits per heavy atom. The van der Waals surface area contributed by atoms with Crippen molar-refractivity contribution in [2.75, 3.05) is 13.2 Å². The number of ketones is 1. The molecule has 0 aromatic rings. The van der Waals surface area contributed by atoms with Gasteiger partial charge in [0.1, 0.15) is 12.2 Å². The highest BCUT2D eigenvalue weighted by atomic mass is 16.6. The largest absolute Gasteiger partial charge is 0.499 e. The molecule has 9 nitrogen and oxygen atoms in total. The van der Waals surface area contributed by atoms with Crippen LogP contribution in [0.3, 0.4) is 0 Å². The number of aliphatic hydroxyl groups excluding tert-OH is 5. The number of allylic oxidation sites excluding steroid dienone is 1. The molecule has 22 heavy (non-hydrogen) atoms. The Morgan fingerprint density at radius 1 is 1.32 bits per heavy atom. The molecule has 1 aliphatic rings. The lowest BCUT2D eigenvalue weighted by Crippen LogP contribution is -2.57. The number of rotatable bonds is 7. The van der Waals surface area contributed by atoms with Crippen LogP contribution in [-0.4, -0.2) is 68.3 Å². The Hall–Kier alpha value is -1.94. The summed E-state index contributed by atoms with van der Waals surface area (Å²) in [5, 5.41) is 47.1. The lowest BCUT2D eigenvalue weighted by atomic mass is 9.87. The van der Waals surface area contributed by atoms with E-state index in [1.54, 1.807) is 13.8 Å². The molecule has 0 spiro atoms. The smallest absolute Gasteiger partial charge is 0.378 e. The number of ether oxygens (including phenoxy) is 2. The minimum Gasteiger partial charge on any atom is -0.499 e. The van der Waals surface area contributed by atoms with Crippen LogP contribution in [0.2, 0.25) is 0 Å². The van der Waals surface area contributed by atoms with Crippen LogP contribution in [0.25, 0.3) is 0 Å². The van der Waals surface area contributed by atoms with E-state index < -0.39 is 54.3 Å². The fourth-order valence-corrected chi connectivity index (χ4v) is 1.83. The van der Waals surface area contributed by atoms with E-state index in [4.69, 9.17) is 19.7 Å². The fourth-order valence-electron chi connectivity index (χ4n) is 1.83. The highest BCUT2D eigenvalue weighted by molar-refractivity contribution is 6.03. The summed E-state index contributed by atoms with van der Waals surface area (Å²) < 4.78 is 9.73. The molecule has 0 saturated carbocycles. The summed E-state index contributed by atoms with van der Waals surface area (Å²) in [6.45, 7) is 1.17. The lowest BCUT2D eigenvalue weighted by molar-refractivity contribution is -0.178. The van der Waals surface area contributed by atoms with Crippen LogP contribution in [0.5, 0.6) is 0 Å². The van der Waals surface area contributed by atoms with E-state index in [1.165, 1.54) is 0 Å². The first-order valence-electron chi connectivity index (χ1n) is 6.31. The molecule has 1 heterocycles. The van der Waals surface area contributed by atoms with Crippen LogP contribution in [0.4, 0.5) is 0 Å². The third kappa shape index (κ3) is 2.97. The van der Waals surface area contributed by atoms with Gasteiger partial charge in [-0.25, -0.2) is 4.79 Å². The van der Waals surface area contributed by atoms with Gasteiger partial charge in [0.05, 0.1) is 19.5 Å². The molecule has 0 amide bonds. The fraction of sp³-hybridized carbons (Fsp3) is 0.538. The number of hydrogen-bond acceptors (Lipinski definition) is 9. The van der Waals surface area contributed by atoms with Gasteiger partial charge in [0.25, 0.3) is 5.60 Å². The maximum absolute atomic E-state index is 12.2. The lowest BCUT2D eigenvalue weighted by Gasteiger charge is -2.32. The third-order valence-corrected chi connectivity index (χ3v) is 2.90.